The summed E-state index contributed by atoms with van der Waals surface area (Å²) in [6, 6.07) is 10.9. The number of methoxy groups -OCH3 is 2. The van der Waals surface area contributed by atoms with E-state index < -0.39 is 0 Å². The molecule has 3 aromatic rings. The maximum Gasteiger partial charge on any atom is 0.261 e. The fourth-order valence-corrected chi connectivity index (χ4v) is 3.70. The van der Waals surface area contributed by atoms with E-state index in [2.05, 4.69) is 15.3 Å². The van der Waals surface area contributed by atoms with Crippen LogP contribution in [0.15, 0.2) is 42.6 Å². The minimum atomic E-state index is -0.116. The van der Waals surface area contributed by atoms with Crippen LogP contribution in [0.2, 0.25) is 5.02 Å². The van der Waals surface area contributed by atoms with Gasteiger partial charge < -0.3 is 19.7 Å². The molecule has 0 radical (unpaired) electrons. The van der Waals surface area contributed by atoms with E-state index >= 15 is 0 Å². The van der Waals surface area contributed by atoms with Crippen LogP contribution in [0.1, 0.15) is 16.8 Å². The van der Waals surface area contributed by atoms with Crippen LogP contribution >= 0.6 is 11.6 Å². The van der Waals surface area contributed by atoms with Crippen LogP contribution in [0.4, 0.5) is 5.95 Å². The molecule has 0 bridgehead atoms. The van der Waals surface area contributed by atoms with E-state index in [0.717, 1.165) is 17.3 Å². The molecule has 0 spiro atoms. The van der Waals surface area contributed by atoms with Crippen molar-refractivity contribution in [2.24, 2.45) is 0 Å². The summed E-state index contributed by atoms with van der Waals surface area (Å²) in [6.07, 6.45) is 2.55. The molecule has 1 N–H and O–H groups in total. The second-order valence-electron chi connectivity index (χ2n) is 6.82. The van der Waals surface area contributed by atoms with E-state index in [0.29, 0.717) is 41.1 Å². The average molecular weight is 413 g/mol. The van der Waals surface area contributed by atoms with E-state index in [4.69, 9.17) is 21.1 Å². The van der Waals surface area contributed by atoms with Gasteiger partial charge in [0, 0.05) is 35.7 Å². The molecule has 4 rings (SSSR count). The third-order valence-electron chi connectivity index (χ3n) is 5.00. The van der Waals surface area contributed by atoms with Crippen molar-refractivity contribution in [3.05, 3.63) is 53.2 Å². The Labute approximate surface area is 173 Å². The quantitative estimate of drug-likeness (QED) is 0.689. The molecule has 1 saturated heterocycles. The molecule has 0 aliphatic carbocycles. The molecule has 1 aromatic heterocycles. The number of fused-ring (bicyclic) bond motifs is 1. The molecule has 8 heteroatoms. The zero-order valence-corrected chi connectivity index (χ0v) is 16.9. The van der Waals surface area contributed by atoms with Gasteiger partial charge in [-0.3, -0.25) is 4.79 Å². The fraction of sp³-hybridized carbons (Fsp3) is 0.286. The number of amides is 1. The number of nitrogens with zero attached hydrogens (tertiary/aromatic N) is 3. The molecule has 150 valence electrons. The van der Waals surface area contributed by atoms with Crippen LogP contribution in [0, 0.1) is 0 Å². The number of anilines is 1. The fourth-order valence-electron chi connectivity index (χ4n) is 3.53. The van der Waals surface area contributed by atoms with Crippen molar-refractivity contribution in [2.75, 3.05) is 32.6 Å². The normalized spacial score (nSPS) is 16.1. The maximum absolute atomic E-state index is 13.1. The number of aromatic nitrogens is 2. The molecular formula is C21H21ClN4O3. The Morgan fingerprint density at radius 1 is 1.21 bits per heavy atom. The third kappa shape index (κ3) is 3.91. The maximum atomic E-state index is 13.1. The van der Waals surface area contributed by atoms with Crippen LogP contribution in [0.5, 0.6) is 11.5 Å². The Hall–Kier alpha value is -3.06. The summed E-state index contributed by atoms with van der Waals surface area (Å²) in [7, 11) is 3.09. The number of hydrogen-bond acceptors (Lipinski definition) is 6. The van der Waals surface area contributed by atoms with E-state index in [-0.39, 0.29) is 11.9 Å². The number of halogens is 1. The highest BCUT2D eigenvalue weighted by atomic mass is 35.5. The molecule has 29 heavy (non-hydrogen) atoms. The molecule has 1 amide bonds. The van der Waals surface area contributed by atoms with E-state index in [9.17, 15) is 4.79 Å². The highest BCUT2D eigenvalue weighted by Crippen LogP contribution is 2.31. The van der Waals surface area contributed by atoms with Gasteiger partial charge in [-0.1, -0.05) is 17.7 Å². The van der Waals surface area contributed by atoms with Crippen molar-refractivity contribution in [1.82, 2.24) is 14.9 Å². The Balaban J connectivity index is 1.49. The SMILES string of the molecule is COc1cccc(OC)c1C(=O)N1CCC(Nc2ncc3ccc(Cl)cc3n2)C1. The van der Waals surface area contributed by atoms with Crippen LogP contribution in [-0.4, -0.2) is 54.1 Å². The molecule has 2 aromatic carbocycles. The van der Waals surface area contributed by atoms with Gasteiger partial charge in [0.15, 0.2) is 0 Å². The minimum Gasteiger partial charge on any atom is -0.496 e. The van der Waals surface area contributed by atoms with Gasteiger partial charge in [-0.05, 0) is 36.8 Å². The monoisotopic (exact) mass is 412 g/mol. The van der Waals surface area contributed by atoms with Gasteiger partial charge in [0.1, 0.15) is 17.1 Å². The number of hydrogen-bond donors (Lipinski definition) is 1. The Morgan fingerprint density at radius 3 is 2.69 bits per heavy atom. The minimum absolute atomic E-state index is 0.0521. The highest BCUT2D eigenvalue weighted by Gasteiger charge is 2.30. The van der Waals surface area contributed by atoms with Crippen molar-refractivity contribution in [3.8, 4) is 11.5 Å². The number of benzene rings is 2. The third-order valence-corrected chi connectivity index (χ3v) is 5.23. The largest absolute Gasteiger partial charge is 0.496 e. The first-order chi connectivity index (χ1) is 14.1. The molecule has 1 atom stereocenters. The van der Waals surface area contributed by atoms with Crippen LogP contribution in [0.25, 0.3) is 10.9 Å². The van der Waals surface area contributed by atoms with Crippen molar-refractivity contribution in [2.45, 2.75) is 12.5 Å². The van der Waals surface area contributed by atoms with E-state index in [1.165, 1.54) is 0 Å². The predicted molar refractivity (Wildman–Crippen MR) is 112 cm³/mol. The Morgan fingerprint density at radius 2 is 1.97 bits per heavy atom. The number of likely N-dealkylation sites (tertiary alicyclic amines) is 1. The Bertz CT molecular complexity index is 1040. The molecule has 7 nitrogen and oxygen atoms in total. The van der Waals surface area contributed by atoms with Crippen molar-refractivity contribution in [3.63, 3.8) is 0 Å². The first-order valence-electron chi connectivity index (χ1n) is 9.28. The molecule has 2 heterocycles. The number of rotatable bonds is 5. The summed E-state index contributed by atoms with van der Waals surface area (Å²) in [5.41, 5.74) is 1.22. The van der Waals surface area contributed by atoms with Gasteiger partial charge in [0.2, 0.25) is 5.95 Å². The van der Waals surface area contributed by atoms with Gasteiger partial charge in [-0.15, -0.1) is 0 Å². The van der Waals surface area contributed by atoms with Crippen molar-refractivity contribution in [1.29, 1.82) is 0 Å². The summed E-state index contributed by atoms with van der Waals surface area (Å²) in [5.74, 6) is 1.41. The summed E-state index contributed by atoms with van der Waals surface area (Å²) < 4.78 is 10.7. The lowest BCUT2D eigenvalue weighted by Gasteiger charge is -2.20. The number of carbonyl (C=O) groups is 1. The van der Waals surface area contributed by atoms with Gasteiger partial charge in [-0.25, -0.2) is 9.97 Å². The van der Waals surface area contributed by atoms with Gasteiger partial charge in [0.25, 0.3) is 5.91 Å². The Kier molecular flexibility index (Phi) is 5.40. The van der Waals surface area contributed by atoms with E-state index in [1.54, 1.807) is 43.5 Å². The number of ether oxygens (including phenoxy) is 2. The van der Waals surface area contributed by atoms with Crippen molar-refractivity contribution >= 4 is 34.4 Å². The summed E-state index contributed by atoms with van der Waals surface area (Å²) in [5, 5.41) is 4.88. The predicted octanol–water partition coefficient (Wildman–Crippen LogP) is 3.63. The zero-order chi connectivity index (χ0) is 20.4. The second-order valence-corrected chi connectivity index (χ2v) is 7.25. The van der Waals surface area contributed by atoms with E-state index in [1.807, 2.05) is 18.2 Å². The highest BCUT2D eigenvalue weighted by molar-refractivity contribution is 6.31. The number of nitrogens with one attached hydrogen (secondary N) is 1. The smallest absolute Gasteiger partial charge is 0.261 e. The van der Waals surface area contributed by atoms with Crippen LogP contribution in [-0.2, 0) is 0 Å². The summed E-state index contributed by atoms with van der Waals surface area (Å²) in [4.78, 5) is 23.8. The molecule has 0 saturated carbocycles. The first-order valence-corrected chi connectivity index (χ1v) is 9.66. The lowest BCUT2D eigenvalue weighted by Crippen LogP contribution is -2.32. The lowest BCUT2D eigenvalue weighted by molar-refractivity contribution is 0.0784. The lowest BCUT2D eigenvalue weighted by atomic mass is 10.1. The van der Waals surface area contributed by atoms with Crippen LogP contribution in [0.3, 0.4) is 0 Å². The standard InChI is InChI=1S/C21H21ClN4O3/c1-28-17-4-3-5-18(29-2)19(17)20(27)26-9-8-15(12-26)24-21-23-11-13-6-7-14(22)10-16(13)25-21/h3-7,10-11,15H,8-9,12H2,1-2H3,(H,23,24,25). The average Bonchev–Trinajstić information content (AvgIpc) is 3.20. The zero-order valence-electron chi connectivity index (χ0n) is 16.2. The van der Waals surface area contributed by atoms with Gasteiger partial charge in [0.05, 0.1) is 19.7 Å². The molecule has 1 fully saturated rings. The topological polar surface area (TPSA) is 76.6 Å². The molecule has 1 aliphatic heterocycles. The summed E-state index contributed by atoms with van der Waals surface area (Å²) >= 11 is 6.06. The molecule has 1 unspecified atom stereocenters. The number of carbonyl (C=O) groups excluding carboxylic acids is 1. The second kappa shape index (κ2) is 8.13. The molecule has 1 aliphatic rings. The first kappa shape index (κ1) is 19.3. The summed E-state index contributed by atoms with van der Waals surface area (Å²) in [6.45, 7) is 1.16. The van der Waals surface area contributed by atoms with Crippen LogP contribution < -0.4 is 14.8 Å². The van der Waals surface area contributed by atoms with Gasteiger partial charge >= 0.3 is 0 Å². The van der Waals surface area contributed by atoms with Gasteiger partial charge in [-0.2, -0.15) is 0 Å². The molecular weight excluding hydrogens is 392 g/mol. The van der Waals surface area contributed by atoms with Crippen molar-refractivity contribution < 1.29 is 14.3 Å².